The number of carbonyl (C=O) groups is 1. The number of hydrogen-bond donors (Lipinski definition) is 3. The summed E-state index contributed by atoms with van der Waals surface area (Å²) in [6.07, 6.45) is 5.10. The van der Waals surface area contributed by atoms with E-state index >= 15 is 0 Å². The highest BCUT2D eigenvalue weighted by atomic mass is 32.1. The van der Waals surface area contributed by atoms with Crippen LogP contribution in [0.25, 0.3) is 5.57 Å². The summed E-state index contributed by atoms with van der Waals surface area (Å²) >= 11 is 1.74. The van der Waals surface area contributed by atoms with E-state index in [1.165, 1.54) is 10.6 Å². The molecule has 4 heterocycles. The van der Waals surface area contributed by atoms with Crippen molar-refractivity contribution in [2.75, 3.05) is 31.2 Å². The first-order chi connectivity index (χ1) is 16.8. The number of aryl methyl sites for hydroxylation is 2. The Kier molecular flexibility index (Phi) is 8.14. The zero-order chi connectivity index (χ0) is 25.1. The Morgan fingerprint density at radius 1 is 1.26 bits per heavy atom. The molecule has 190 valence electrons. The number of aromatic amines is 1. The molecule has 2 aromatic heterocycles. The Morgan fingerprint density at radius 3 is 2.66 bits per heavy atom. The molecule has 7 nitrogen and oxygen atoms in total. The Morgan fingerprint density at radius 2 is 2.00 bits per heavy atom. The van der Waals surface area contributed by atoms with Crippen molar-refractivity contribution in [1.29, 1.82) is 0 Å². The van der Waals surface area contributed by atoms with Crippen molar-refractivity contribution < 1.29 is 9.53 Å². The summed E-state index contributed by atoms with van der Waals surface area (Å²) in [5.41, 5.74) is 5.18. The first kappa shape index (κ1) is 25.7. The smallest absolute Gasteiger partial charge is 0.253 e. The van der Waals surface area contributed by atoms with E-state index in [-0.39, 0.29) is 18.0 Å². The minimum Gasteiger partial charge on any atom is -0.381 e. The van der Waals surface area contributed by atoms with Gasteiger partial charge in [0, 0.05) is 61.1 Å². The standard InChI is InChI=1S/C27H38N4O3S/c1-6-31(21-8-11-34-12-9-21)27-19(5)23(24(35-27)20-7-10-28-17(3)14-20)26(33)29-15-22-16(2)13-18(4)30-25(22)32/h7,13,17,21,28H,6,8-12,14-15H2,1-5H3,(H,29,33)(H,30,32). The van der Waals surface area contributed by atoms with Crippen LogP contribution in [0, 0.1) is 20.8 Å². The van der Waals surface area contributed by atoms with Gasteiger partial charge in [-0.05, 0) is 76.6 Å². The Bertz CT molecular complexity index is 1160. The van der Waals surface area contributed by atoms with Gasteiger partial charge < -0.3 is 25.3 Å². The van der Waals surface area contributed by atoms with Crippen molar-refractivity contribution >= 4 is 27.8 Å². The molecule has 2 aliphatic heterocycles. The molecular weight excluding hydrogens is 460 g/mol. The molecule has 0 spiro atoms. The summed E-state index contributed by atoms with van der Waals surface area (Å²) in [4.78, 5) is 32.5. The molecule has 0 aliphatic carbocycles. The topological polar surface area (TPSA) is 86.5 Å². The normalized spacial score (nSPS) is 18.9. The number of carbonyl (C=O) groups excluding carboxylic acids is 1. The fourth-order valence-electron chi connectivity index (χ4n) is 5.25. The number of nitrogens with one attached hydrogen (secondary N) is 3. The zero-order valence-electron chi connectivity index (χ0n) is 21.5. The van der Waals surface area contributed by atoms with Crippen LogP contribution in [0.5, 0.6) is 0 Å². The second kappa shape index (κ2) is 11.1. The molecule has 35 heavy (non-hydrogen) atoms. The van der Waals surface area contributed by atoms with Gasteiger partial charge in [-0.15, -0.1) is 11.3 Å². The van der Waals surface area contributed by atoms with E-state index in [1.54, 1.807) is 11.3 Å². The maximum Gasteiger partial charge on any atom is 0.253 e. The van der Waals surface area contributed by atoms with Gasteiger partial charge in [0.25, 0.3) is 11.5 Å². The van der Waals surface area contributed by atoms with Crippen LogP contribution >= 0.6 is 11.3 Å². The van der Waals surface area contributed by atoms with E-state index in [9.17, 15) is 9.59 Å². The molecule has 8 heteroatoms. The maximum atomic E-state index is 13.7. The number of thiophene rings is 1. The van der Waals surface area contributed by atoms with Gasteiger partial charge in [0.1, 0.15) is 0 Å². The number of anilines is 1. The highest BCUT2D eigenvalue weighted by Crippen LogP contribution is 2.42. The van der Waals surface area contributed by atoms with Crippen LogP contribution in [0.2, 0.25) is 0 Å². The summed E-state index contributed by atoms with van der Waals surface area (Å²) < 4.78 is 5.60. The van der Waals surface area contributed by atoms with Crippen molar-refractivity contribution in [2.45, 2.75) is 72.5 Å². The van der Waals surface area contributed by atoms with Crippen molar-refractivity contribution in [3.63, 3.8) is 0 Å². The number of amides is 1. The predicted molar refractivity (Wildman–Crippen MR) is 144 cm³/mol. The van der Waals surface area contributed by atoms with Crippen LogP contribution in [0.3, 0.4) is 0 Å². The third-order valence-electron chi connectivity index (χ3n) is 7.13. The van der Waals surface area contributed by atoms with E-state index in [0.717, 1.165) is 72.8 Å². The quantitative estimate of drug-likeness (QED) is 0.536. The van der Waals surface area contributed by atoms with Gasteiger partial charge in [0.05, 0.1) is 10.6 Å². The molecule has 0 radical (unpaired) electrons. The van der Waals surface area contributed by atoms with Crippen molar-refractivity contribution in [3.8, 4) is 0 Å². The van der Waals surface area contributed by atoms with E-state index in [4.69, 9.17) is 4.74 Å². The fourth-order valence-corrected chi connectivity index (χ4v) is 6.74. The molecule has 1 saturated heterocycles. The SMILES string of the molecule is CCN(c1sc(C2=CCNC(C)C2)c(C(=O)NCc2c(C)cc(C)[nH]c2=O)c1C)C1CCOCC1. The number of H-pyrrole nitrogens is 1. The van der Waals surface area contributed by atoms with Gasteiger partial charge in [-0.2, -0.15) is 0 Å². The van der Waals surface area contributed by atoms with Crippen molar-refractivity contribution in [2.24, 2.45) is 0 Å². The van der Waals surface area contributed by atoms with Crippen LogP contribution in [0.1, 0.15) is 70.7 Å². The summed E-state index contributed by atoms with van der Waals surface area (Å²) in [7, 11) is 0. The van der Waals surface area contributed by atoms with Crippen LogP contribution in [-0.4, -0.2) is 49.3 Å². The van der Waals surface area contributed by atoms with E-state index in [2.05, 4.69) is 47.4 Å². The first-order valence-corrected chi connectivity index (χ1v) is 13.5. The molecule has 1 amide bonds. The Hall–Kier alpha value is -2.42. The predicted octanol–water partition coefficient (Wildman–Crippen LogP) is 4.06. The second-order valence-electron chi connectivity index (χ2n) is 9.73. The second-order valence-corrected chi connectivity index (χ2v) is 10.7. The number of aromatic nitrogens is 1. The van der Waals surface area contributed by atoms with Crippen LogP contribution in [0.4, 0.5) is 5.00 Å². The first-order valence-electron chi connectivity index (χ1n) is 12.7. The molecule has 1 fully saturated rings. The van der Waals surface area contributed by atoms with Gasteiger partial charge in [0.2, 0.25) is 0 Å². The summed E-state index contributed by atoms with van der Waals surface area (Å²) in [6, 6.07) is 2.73. The summed E-state index contributed by atoms with van der Waals surface area (Å²) in [5.74, 6) is -0.116. The lowest BCUT2D eigenvalue weighted by molar-refractivity contribution is 0.0847. The molecule has 2 aromatic rings. The number of rotatable bonds is 7. The van der Waals surface area contributed by atoms with Gasteiger partial charge in [-0.3, -0.25) is 9.59 Å². The van der Waals surface area contributed by atoms with Crippen molar-refractivity contribution in [3.05, 3.63) is 55.3 Å². The molecule has 0 aromatic carbocycles. The molecular formula is C27H38N4O3S. The average Bonchev–Trinajstić information content (AvgIpc) is 3.16. The Labute approximate surface area is 212 Å². The third kappa shape index (κ3) is 5.55. The number of nitrogens with zero attached hydrogens (tertiary/aromatic N) is 1. The highest BCUT2D eigenvalue weighted by molar-refractivity contribution is 7.17. The highest BCUT2D eigenvalue weighted by Gasteiger charge is 2.30. The number of pyridine rings is 1. The Balaban J connectivity index is 1.69. The third-order valence-corrected chi connectivity index (χ3v) is 8.54. The molecule has 2 aliphatic rings. The molecule has 3 N–H and O–H groups in total. The minimum atomic E-state index is -0.141. The zero-order valence-corrected chi connectivity index (χ0v) is 22.4. The van der Waals surface area contributed by atoms with E-state index in [0.29, 0.717) is 17.6 Å². The molecule has 0 saturated carbocycles. The average molecular weight is 499 g/mol. The summed E-state index contributed by atoms with van der Waals surface area (Å²) in [6.45, 7) is 13.7. The number of hydrogen-bond acceptors (Lipinski definition) is 6. The lowest BCUT2D eigenvalue weighted by Gasteiger charge is -2.34. The van der Waals surface area contributed by atoms with Crippen LogP contribution in [-0.2, 0) is 11.3 Å². The van der Waals surface area contributed by atoms with Gasteiger partial charge in [-0.1, -0.05) is 6.08 Å². The minimum absolute atomic E-state index is 0.116. The van der Waals surface area contributed by atoms with Gasteiger partial charge in [-0.25, -0.2) is 0 Å². The lowest BCUT2D eigenvalue weighted by atomic mass is 9.97. The van der Waals surface area contributed by atoms with E-state index < -0.39 is 0 Å². The van der Waals surface area contributed by atoms with Crippen molar-refractivity contribution in [1.82, 2.24) is 15.6 Å². The monoisotopic (exact) mass is 498 g/mol. The van der Waals surface area contributed by atoms with Gasteiger partial charge in [0.15, 0.2) is 0 Å². The molecule has 4 rings (SSSR count). The largest absolute Gasteiger partial charge is 0.381 e. The van der Waals surface area contributed by atoms with Crippen LogP contribution in [0.15, 0.2) is 16.9 Å². The molecule has 1 atom stereocenters. The fraction of sp³-hybridized carbons (Fsp3) is 0.556. The van der Waals surface area contributed by atoms with Gasteiger partial charge >= 0.3 is 0 Å². The molecule has 0 bridgehead atoms. The maximum absolute atomic E-state index is 13.7. The number of ether oxygens (including phenoxy) is 1. The van der Waals surface area contributed by atoms with Crippen LogP contribution < -0.4 is 21.1 Å². The molecule has 1 unspecified atom stereocenters. The van der Waals surface area contributed by atoms with E-state index in [1.807, 2.05) is 19.9 Å². The summed E-state index contributed by atoms with van der Waals surface area (Å²) in [5, 5.41) is 7.71. The lowest BCUT2D eigenvalue weighted by Crippen LogP contribution is -2.39.